The summed E-state index contributed by atoms with van der Waals surface area (Å²) in [5, 5.41) is 10.6. The second kappa shape index (κ2) is 6.51. The molecule has 8 heteroatoms. The van der Waals surface area contributed by atoms with Crippen LogP contribution in [0, 0.1) is 0 Å². The Hall–Kier alpha value is -3.55. The van der Waals surface area contributed by atoms with Crippen molar-refractivity contribution in [2.24, 2.45) is 7.05 Å². The number of nitrogens with zero attached hydrogens (tertiary/aromatic N) is 7. The lowest BCUT2D eigenvalue weighted by molar-refractivity contribution is 0.579. The van der Waals surface area contributed by atoms with Gasteiger partial charge in [0.15, 0.2) is 11.5 Å². The Balaban J connectivity index is 1.83. The Labute approximate surface area is 166 Å². The van der Waals surface area contributed by atoms with E-state index < -0.39 is 0 Å². The summed E-state index contributed by atoms with van der Waals surface area (Å²) in [6.45, 7) is 4.17. The van der Waals surface area contributed by atoms with Crippen molar-refractivity contribution in [3.05, 3.63) is 64.5 Å². The summed E-state index contributed by atoms with van der Waals surface area (Å²) >= 11 is 0. The van der Waals surface area contributed by atoms with Crippen molar-refractivity contribution in [1.29, 1.82) is 0 Å². The second-order valence-electron chi connectivity index (χ2n) is 7.29. The van der Waals surface area contributed by atoms with Gasteiger partial charge in [-0.15, -0.1) is 5.10 Å². The highest BCUT2D eigenvalue weighted by atomic mass is 16.1. The average molecular weight is 387 g/mol. The first-order valence-corrected chi connectivity index (χ1v) is 9.75. The number of pyridine rings is 1. The van der Waals surface area contributed by atoms with Gasteiger partial charge in [-0.2, -0.15) is 14.6 Å². The van der Waals surface area contributed by atoms with Crippen LogP contribution in [0.15, 0.2) is 47.5 Å². The molecule has 0 N–H and O–H groups in total. The van der Waals surface area contributed by atoms with Gasteiger partial charge in [-0.05, 0) is 18.9 Å². The fourth-order valence-corrected chi connectivity index (χ4v) is 3.84. The van der Waals surface area contributed by atoms with Crippen LogP contribution < -0.4 is 5.56 Å². The molecule has 1 aromatic carbocycles. The molecule has 1 atom stereocenters. The summed E-state index contributed by atoms with van der Waals surface area (Å²) in [6.07, 6.45) is 5.09. The zero-order chi connectivity index (χ0) is 20.1. The molecule has 0 saturated carbocycles. The Kier molecular flexibility index (Phi) is 3.94. The number of hydrogen-bond donors (Lipinski definition) is 0. The molecule has 1 unspecified atom stereocenters. The summed E-state index contributed by atoms with van der Waals surface area (Å²) in [5.41, 5.74) is 2.42. The second-order valence-corrected chi connectivity index (χ2v) is 7.29. The van der Waals surface area contributed by atoms with E-state index >= 15 is 0 Å². The fraction of sp³-hybridized carbons (Fsp3) is 0.286. The van der Waals surface area contributed by atoms with E-state index in [9.17, 15) is 4.79 Å². The Bertz CT molecular complexity index is 1410. The van der Waals surface area contributed by atoms with E-state index in [4.69, 9.17) is 0 Å². The van der Waals surface area contributed by atoms with Gasteiger partial charge in [0, 0.05) is 19.7 Å². The molecule has 0 aliphatic rings. The van der Waals surface area contributed by atoms with Crippen molar-refractivity contribution in [3.63, 3.8) is 0 Å². The van der Waals surface area contributed by atoms with E-state index in [-0.39, 0.29) is 11.6 Å². The van der Waals surface area contributed by atoms with Gasteiger partial charge in [-0.3, -0.25) is 9.36 Å². The highest BCUT2D eigenvalue weighted by Crippen LogP contribution is 2.26. The third-order valence-corrected chi connectivity index (χ3v) is 5.40. The van der Waals surface area contributed by atoms with Crippen LogP contribution in [0.4, 0.5) is 0 Å². The van der Waals surface area contributed by atoms with E-state index in [1.807, 2.05) is 22.9 Å². The minimum atomic E-state index is -0.138. The van der Waals surface area contributed by atoms with Crippen LogP contribution >= 0.6 is 0 Å². The summed E-state index contributed by atoms with van der Waals surface area (Å²) in [7, 11) is 1.71. The SMILES string of the molecule is CCCc1nc2n(C)c(=O)c3cnc4c(cnn4C(C)c4ccccc4)c3n2n1. The van der Waals surface area contributed by atoms with Crippen LogP contribution in [0.5, 0.6) is 0 Å². The molecule has 5 rings (SSSR count). The van der Waals surface area contributed by atoms with Crippen LogP contribution in [0.1, 0.15) is 37.7 Å². The Morgan fingerprint density at radius 2 is 1.90 bits per heavy atom. The summed E-state index contributed by atoms with van der Waals surface area (Å²) in [4.78, 5) is 22.1. The fourth-order valence-electron chi connectivity index (χ4n) is 3.84. The summed E-state index contributed by atoms with van der Waals surface area (Å²) in [6, 6.07) is 10.2. The molecular formula is C21H21N7O. The van der Waals surface area contributed by atoms with Gasteiger partial charge in [-0.25, -0.2) is 9.67 Å². The maximum atomic E-state index is 12.9. The first-order valence-electron chi connectivity index (χ1n) is 9.75. The van der Waals surface area contributed by atoms with Gasteiger partial charge < -0.3 is 0 Å². The predicted molar refractivity (Wildman–Crippen MR) is 111 cm³/mol. The molecule has 0 bridgehead atoms. The number of fused-ring (bicyclic) bond motifs is 5. The Morgan fingerprint density at radius 1 is 1.10 bits per heavy atom. The lowest BCUT2D eigenvalue weighted by atomic mass is 10.1. The van der Waals surface area contributed by atoms with E-state index in [1.54, 1.807) is 24.0 Å². The molecule has 4 heterocycles. The molecule has 5 aromatic rings. The van der Waals surface area contributed by atoms with Gasteiger partial charge in [0.25, 0.3) is 5.56 Å². The largest absolute Gasteiger partial charge is 0.279 e. The molecule has 0 amide bonds. The van der Waals surface area contributed by atoms with Gasteiger partial charge in [0.2, 0.25) is 5.78 Å². The molecule has 0 spiro atoms. The number of rotatable bonds is 4. The monoisotopic (exact) mass is 387 g/mol. The standard InChI is InChI=1S/C21H21N7O/c1-4-8-17-24-21-26(3)20(29)16-11-22-19-15(18(16)28(21)25-17)12-23-27(19)13(2)14-9-6-5-7-10-14/h5-7,9-13H,4,8H2,1-3H3. The normalized spacial score (nSPS) is 12.9. The maximum Gasteiger partial charge on any atom is 0.264 e. The van der Waals surface area contributed by atoms with Crippen molar-refractivity contribution in [1.82, 2.24) is 33.9 Å². The lowest BCUT2D eigenvalue weighted by Crippen LogP contribution is -2.20. The van der Waals surface area contributed by atoms with Gasteiger partial charge in [0.05, 0.1) is 28.5 Å². The molecule has 0 saturated heterocycles. The van der Waals surface area contributed by atoms with Crippen molar-refractivity contribution in [2.75, 3.05) is 0 Å². The Morgan fingerprint density at radius 3 is 2.66 bits per heavy atom. The van der Waals surface area contributed by atoms with Crippen LogP contribution in [0.3, 0.4) is 0 Å². The summed E-state index contributed by atoms with van der Waals surface area (Å²) < 4.78 is 5.17. The van der Waals surface area contributed by atoms with Crippen molar-refractivity contribution in [3.8, 4) is 0 Å². The van der Waals surface area contributed by atoms with Gasteiger partial charge in [-0.1, -0.05) is 37.3 Å². The predicted octanol–water partition coefficient (Wildman–Crippen LogP) is 2.89. The molecule has 8 nitrogen and oxygen atoms in total. The summed E-state index contributed by atoms with van der Waals surface area (Å²) in [5.74, 6) is 1.26. The third-order valence-electron chi connectivity index (χ3n) is 5.40. The molecule has 0 aliphatic heterocycles. The molecule has 0 radical (unpaired) electrons. The zero-order valence-corrected chi connectivity index (χ0v) is 16.6. The van der Waals surface area contributed by atoms with Gasteiger partial charge in [0.1, 0.15) is 0 Å². The molecule has 0 fully saturated rings. The number of aromatic nitrogens is 7. The van der Waals surface area contributed by atoms with Crippen LogP contribution in [-0.2, 0) is 13.5 Å². The third kappa shape index (κ3) is 2.55. The molecule has 0 aliphatic carbocycles. The molecule has 29 heavy (non-hydrogen) atoms. The zero-order valence-electron chi connectivity index (χ0n) is 16.6. The van der Waals surface area contributed by atoms with Crippen molar-refractivity contribution in [2.45, 2.75) is 32.7 Å². The van der Waals surface area contributed by atoms with Crippen molar-refractivity contribution < 1.29 is 0 Å². The highest BCUT2D eigenvalue weighted by molar-refractivity contribution is 6.02. The van der Waals surface area contributed by atoms with E-state index in [2.05, 4.69) is 46.1 Å². The van der Waals surface area contributed by atoms with Crippen molar-refractivity contribution >= 4 is 27.7 Å². The minimum Gasteiger partial charge on any atom is -0.279 e. The van der Waals surface area contributed by atoms with Gasteiger partial charge >= 0.3 is 0 Å². The van der Waals surface area contributed by atoms with E-state index in [1.165, 1.54) is 4.57 Å². The first kappa shape index (κ1) is 17.5. The average Bonchev–Trinajstić information content (AvgIpc) is 3.36. The highest BCUT2D eigenvalue weighted by Gasteiger charge is 2.20. The number of aryl methyl sites for hydroxylation is 2. The lowest BCUT2D eigenvalue weighted by Gasteiger charge is -2.13. The van der Waals surface area contributed by atoms with E-state index in [0.29, 0.717) is 16.7 Å². The van der Waals surface area contributed by atoms with Crippen LogP contribution in [0.2, 0.25) is 0 Å². The molecule has 4 aromatic heterocycles. The number of benzene rings is 1. The van der Waals surface area contributed by atoms with Crippen LogP contribution in [0.25, 0.3) is 27.7 Å². The first-order chi connectivity index (χ1) is 14.1. The number of hydrogen-bond acceptors (Lipinski definition) is 5. The molecular weight excluding hydrogens is 366 g/mol. The minimum absolute atomic E-state index is 0.00656. The topological polar surface area (TPSA) is 82.9 Å². The van der Waals surface area contributed by atoms with Crippen LogP contribution in [-0.4, -0.2) is 33.9 Å². The molecule has 146 valence electrons. The quantitative estimate of drug-likeness (QED) is 0.473. The van der Waals surface area contributed by atoms with E-state index in [0.717, 1.165) is 35.3 Å². The maximum absolute atomic E-state index is 12.9. The smallest absolute Gasteiger partial charge is 0.264 e.